The Kier molecular flexibility index (Phi) is 5.28. The summed E-state index contributed by atoms with van der Waals surface area (Å²) in [4.78, 5) is 14.9. The van der Waals surface area contributed by atoms with Crippen molar-refractivity contribution >= 4 is 33.7 Å². The lowest BCUT2D eigenvalue weighted by molar-refractivity contribution is -0.125. The number of aromatic nitrogens is 5. The average Bonchev–Trinajstić information content (AvgIpc) is 3.23. The van der Waals surface area contributed by atoms with E-state index < -0.39 is 6.10 Å². The minimum Gasteiger partial charge on any atom is -0.388 e. The van der Waals surface area contributed by atoms with Gasteiger partial charge in [0, 0.05) is 50.9 Å². The Balaban J connectivity index is 1.04. The van der Waals surface area contributed by atoms with Gasteiger partial charge in [0.05, 0.1) is 28.4 Å². The summed E-state index contributed by atoms with van der Waals surface area (Å²) in [6.07, 6.45) is 5.64. The quantitative estimate of drug-likeness (QED) is 0.422. The molecule has 1 aromatic carbocycles. The van der Waals surface area contributed by atoms with E-state index in [1.165, 1.54) is 17.2 Å². The first kappa shape index (κ1) is 22.4. The van der Waals surface area contributed by atoms with Crippen LogP contribution in [0.5, 0.6) is 0 Å². The van der Waals surface area contributed by atoms with Crippen molar-refractivity contribution < 1.29 is 9.50 Å². The van der Waals surface area contributed by atoms with Gasteiger partial charge in [0.25, 0.3) is 5.56 Å². The van der Waals surface area contributed by atoms with Crippen LogP contribution in [0.4, 0.5) is 10.1 Å². The predicted octanol–water partition coefficient (Wildman–Crippen LogP) is 2.63. The summed E-state index contributed by atoms with van der Waals surface area (Å²) in [5.41, 5.74) is 1.69. The Labute approximate surface area is 205 Å². The molecule has 3 aromatic heterocycles. The third-order valence-electron chi connectivity index (χ3n) is 7.50. The Bertz CT molecular complexity index is 1490. The van der Waals surface area contributed by atoms with E-state index in [0.717, 1.165) is 32.5 Å². The summed E-state index contributed by atoms with van der Waals surface area (Å²) in [6, 6.07) is 5.14. The number of likely N-dealkylation sites (tertiary alicyclic amines) is 1. The monoisotopic (exact) mass is 497 g/mol. The van der Waals surface area contributed by atoms with Gasteiger partial charge in [-0.2, -0.15) is 5.10 Å². The molecular weight excluding hydrogens is 473 g/mol. The molecule has 1 saturated heterocycles. The molecule has 1 aliphatic heterocycles. The zero-order valence-electron chi connectivity index (χ0n) is 19.2. The van der Waals surface area contributed by atoms with Crippen molar-refractivity contribution in [3.8, 4) is 0 Å². The second kappa shape index (κ2) is 8.25. The third kappa shape index (κ3) is 3.76. The molecule has 1 spiro atoms. The van der Waals surface area contributed by atoms with Gasteiger partial charge in [0.2, 0.25) is 0 Å². The SMILES string of the molecule is Cn1ncc2c(C(O)C3CC4(C3)CN(CCNc3cc5nncn5cc3F)C4)ccc(Cl)c2c1=O. The number of aliphatic hydroxyl groups is 1. The van der Waals surface area contributed by atoms with Crippen LogP contribution in [0.2, 0.25) is 5.02 Å². The largest absolute Gasteiger partial charge is 0.388 e. The summed E-state index contributed by atoms with van der Waals surface area (Å²) in [7, 11) is 1.58. The number of aliphatic hydroxyl groups excluding tert-OH is 1. The van der Waals surface area contributed by atoms with Crippen molar-refractivity contribution in [2.45, 2.75) is 18.9 Å². The van der Waals surface area contributed by atoms with Crippen LogP contribution >= 0.6 is 11.6 Å². The summed E-state index contributed by atoms with van der Waals surface area (Å²) < 4.78 is 17.0. The second-order valence-electron chi connectivity index (χ2n) is 9.88. The highest BCUT2D eigenvalue weighted by Crippen LogP contribution is 2.56. The number of hydrogen-bond acceptors (Lipinski definition) is 7. The molecule has 1 aliphatic carbocycles. The number of anilines is 1. The van der Waals surface area contributed by atoms with E-state index in [-0.39, 0.29) is 22.7 Å². The molecule has 9 nitrogen and oxygen atoms in total. The van der Waals surface area contributed by atoms with E-state index in [1.807, 2.05) is 0 Å². The van der Waals surface area contributed by atoms with Gasteiger partial charge in [0.1, 0.15) is 6.33 Å². The van der Waals surface area contributed by atoms with Gasteiger partial charge in [-0.1, -0.05) is 17.7 Å². The summed E-state index contributed by atoms with van der Waals surface area (Å²) in [5, 5.41) is 27.5. The Morgan fingerprint density at radius 2 is 2.14 bits per heavy atom. The molecule has 2 N–H and O–H groups in total. The molecule has 1 unspecified atom stereocenters. The zero-order chi connectivity index (χ0) is 24.3. The van der Waals surface area contributed by atoms with E-state index in [2.05, 4.69) is 25.5 Å². The molecule has 1 saturated carbocycles. The molecule has 2 fully saturated rings. The van der Waals surface area contributed by atoms with Gasteiger partial charge < -0.3 is 15.3 Å². The number of nitrogens with zero attached hydrogens (tertiary/aromatic N) is 6. The van der Waals surface area contributed by atoms with Crippen molar-refractivity contribution in [1.29, 1.82) is 0 Å². The number of rotatable bonds is 6. The van der Waals surface area contributed by atoms with Gasteiger partial charge in [-0.05, 0) is 35.8 Å². The summed E-state index contributed by atoms with van der Waals surface area (Å²) in [5.74, 6) is -0.205. The van der Waals surface area contributed by atoms with Crippen molar-refractivity contribution in [2.24, 2.45) is 18.4 Å². The van der Waals surface area contributed by atoms with Crippen LogP contribution in [-0.2, 0) is 7.05 Å². The Hall–Kier alpha value is -3.08. The lowest BCUT2D eigenvalue weighted by Crippen LogP contribution is -2.63. The fourth-order valence-corrected chi connectivity index (χ4v) is 6.00. The molecule has 4 heterocycles. The molecule has 11 heteroatoms. The summed E-state index contributed by atoms with van der Waals surface area (Å²) in [6.45, 7) is 3.37. The van der Waals surface area contributed by atoms with Crippen molar-refractivity contribution in [2.75, 3.05) is 31.5 Å². The number of fused-ring (bicyclic) bond motifs is 2. The highest BCUT2D eigenvalue weighted by atomic mass is 35.5. The van der Waals surface area contributed by atoms with Gasteiger partial charge >= 0.3 is 0 Å². The molecule has 35 heavy (non-hydrogen) atoms. The number of nitrogens with one attached hydrogen (secondary N) is 1. The minimum atomic E-state index is -0.667. The normalized spacial score (nSPS) is 18.6. The molecule has 0 amide bonds. The first-order valence-electron chi connectivity index (χ1n) is 11.6. The fourth-order valence-electron chi connectivity index (χ4n) is 5.76. The molecule has 0 radical (unpaired) electrons. The second-order valence-corrected chi connectivity index (χ2v) is 10.3. The van der Waals surface area contributed by atoms with E-state index in [4.69, 9.17) is 11.6 Å². The smallest absolute Gasteiger partial charge is 0.275 e. The molecule has 1 atom stereocenters. The molecule has 182 valence electrons. The topological polar surface area (TPSA) is 101 Å². The first-order chi connectivity index (χ1) is 16.8. The maximum Gasteiger partial charge on any atom is 0.275 e. The van der Waals surface area contributed by atoms with Crippen molar-refractivity contribution in [3.63, 3.8) is 0 Å². The number of aryl methyl sites for hydroxylation is 1. The lowest BCUT2D eigenvalue weighted by Gasteiger charge is -2.60. The Morgan fingerprint density at radius 1 is 1.34 bits per heavy atom. The highest BCUT2D eigenvalue weighted by molar-refractivity contribution is 6.35. The third-order valence-corrected chi connectivity index (χ3v) is 7.81. The Morgan fingerprint density at radius 3 is 2.94 bits per heavy atom. The zero-order valence-corrected chi connectivity index (χ0v) is 19.9. The summed E-state index contributed by atoms with van der Waals surface area (Å²) >= 11 is 6.28. The molecular formula is C24H25ClFN7O2. The highest BCUT2D eigenvalue weighted by Gasteiger charge is 2.53. The molecule has 6 rings (SSSR count). The van der Waals surface area contributed by atoms with Crippen LogP contribution < -0.4 is 10.9 Å². The van der Waals surface area contributed by atoms with Crippen LogP contribution in [0.1, 0.15) is 24.5 Å². The van der Waals surface area contributed by atoms with Crippen LogP contribution in [0, 0.1) is 17.2 Å². The van der Waals surface area contributed by atoms with Crippen molar-refractivity contribution in [1.82, 2.24) is 29.3 Å². The maximum absolute atomic E-state index is 14.2. The number of hydrogen-bond donors (Lipinski definition) is 2. The average molecular weight is 498 g/mol. The fraction of sp³-hybridized carbons (Fsp3) is 0.417. The van der Waals surface area contributed by atoms with Crippen molar-refractivity contribution in [3.05, 3.63) is 63.7 Å². The van der Waals surface area contributed by atoms with Gasteiger partial charge in [-0.15, -0.1) is 10.2 Å². The van der Waals surface area contributed by atoms with E-state index in [9.17, 15) is 14.3 Å². The standard InChI is InChI=1S/C24H25ClFN7O2/c1-31-23(35)21-16(9-29-31)15(2-3-17(21)25)22(34)14-7-24(8-14)11-32(12-24)5-4-27-19-6-20-30-28-13-33(20)10-18(19)26/h2-3,6,9-10,13-14,22,27,34H,4-5,7-8,11-12H2,1H3. The predicted molar refractivity (Wildman–Crippen MR) is 130 cm³/mol. The lowest BCUT2D eigenvalue weighted by atomic mass is 9.55. The van der Waals surface area contributed by atoms with Crippen LogP contribution in [0.15, 0.2) is 41.7 Å². The van der Waals surface area contributed by atoms with E-state index >= 15 is 0 Å². The molecule has 0 bridgehead atoms. The van der Waals surface area contributed by atoms with Crippen LogP contribution in [-0.4, -0.2) is 60.6 Å². The van der Waals surface area contributed by atoms with Gasteiger partial charge in [0.15, 0.2) is 11.5 Å². The van der Waals surface area contributed by atoms with Gasteiger partial charge in [-0.3, -0.25) is 9.20 Å². The van der Waals surface area contributed by atoms with Gasteiger partial charge in [-0.25, -0.2) is 9.07 Å². The number of halogens is 2. The van der Waals surface area contributed by atoms with E-state index in [0.29, 0.717) is 39.2 Å². The first-order valence-corrected chi connectivity index (χ1v) is 12.0. The molecule has 2 aliphatic rings. The minimum absolute atomic E-state index is 0.132. The molecule has 4 aromatic rings. The van der Waals surface area contributed by atoms with Crippen LogP contribution in [0.3, 0.4) is 0 Å². The van der Waals surface area contributed by atoms with Crippen LogP contribution in [0.25, 0.3) is 16.4 Å². The maximum atomic E-state index is 14.2. The number of benzene rings is 1. The van der Waals surface area contributed by atoms with E-state index in [1.54, 1.807) is 35.8 Å². The number of pyridine rings is 1.